The number of aromatic nitrogens is 2. The summed E-state index contributed by atoms with van der Waals surface area (Å²) in [5.41, 5.74) is 1.84. The van der Waals surface area contributed by atoms with Gasteiger partial charge in [0.2, 0.25) is 11.6 Å². The Morgan fingerprint density at radius 1 is 1.50 bits per heavy atom. The van der Waals surface area contributed by atoms with Crippen molar-refractivity contribution in [1.29, 1.82) is 0 Å². The van der Waals surface area contributed by atoms with Crippen LogP contribution in [0, 0.1) is 10.1 Å². The number of nitrogen functional groups attached to an aromatic ring is 1. The van der Waals surface area contributed by atoms with E-state index in [2.05, 4.69) is 20.7 Å². The van der Waals surface area contributed by atoms with Crippen molar-refractivity contribution in [3.8, 4) is 0 Å². The minimum atomic E-state index is -0.883. The molecule has 1 rings (SSSR count). The SMILES string of the molecule is CS(=O)CCCNc1ncnc(NN)c1[N+](=O)[O-]. The second kappa shape index (κ2) is 6.81. The smallest absolute Gasteiger partial charge is 0.354 e. The Labute approximate surface area is 106 Å². The molecule has 0 bridgehead atoms. The minimum absolute atomic E-state index is 0.0587. The second-order valence-corrected chi connectivity index (χ2v) is 4.93. The molecule has 1 aromatic heterocycles. The predicted molar refractivity (Wildman–Crippen MR) is 68.5 cm³/mol. The summed E-state index contributed by atoms with van der Waals surface area (Å²) in [7, 11) is -0.883. The Balaban J connectivity index is 2.75. The van der Waals surface area contributed by atoms with Gasteiger partial charge in [-0.2, -0.15) is 0 Å². The van der Waals surface area contributed by atoms with Gasteiger partial charge in [0.1, 0.15) is 6.33 Å². The Kier molecular flexibility index (Phi) is 5.39. The number of hydrogen-bond donors (Lipinski definition) is 3. The topological polar surface area (TPSA) is 136 Å². The first-order valence-corrected chi connectivity index (χ1v) is 6.79. The van der Waals surface area contributed by atoms with Crippen molar-refractivity contribution >= 4 is 28.1 Å². The Hall–Kier alpha value is -1.81. The van der Waals surface area contributed by atoms with E-state index in [-0.39, 0.29) is 17.3 Å². The van der Waals surface area contributed by atoms with E-state index in [9.17, 15) is 14.3 Å². The molecule has 10 heteroatoms. The molecule has 0 saturated heterocycles. The van der Waals surface area contributed by atoms with Crippen molar-refractivity contribution in [1.82, 2.24) is 9.97 Å². The highest BCUT2D eigenvalue weighted by Crippen LogP contribution is 2.27. The molecule has 1 unspecified atom stereocenters. The fourth-order valence-corrected chi connectivity index (χ4v) is 1.82. The lowest BCUT2D eigenvalue weighted by Crippen LogP contribution is -2.14. The van der Waals surface area contributed by atoms with Crippen LogP contribution in [0.25, 0.3) is 0 Å². The summed E-state index contributed by atoms with van der Waals surface area (Å²) < 4.78 is 10.9. The van der Waals surface area contributed by atoms with Crippen LogP contribution >= 0.6 is 0 Å². The molecule has 9 nitrogen and oxygen atoms in total. The van der Waals surface area contributed by atoms with Crippen LogP contribution in [0.15, 0.2) is 6.33 Å². The van der Waals surface area contributed by atoms with Gasteiger partial charge in [0.05, 0.1) is 4.92 Å². The van der Waals surface area contributed by atoms with E-state index in [1.165, 1.54) is 6.33 Å². The number of rotatable bonds is 7. The van der Waals surface area contributed by atoms with E-state index < -0.39 is 15.7 Å². The molecule has 0 aliphatic carbocycles. The zero-order valence-electron chi connectivity index (χ0n) is 9.75. The predicted octanol–water partition coefficient (Wildman–Crippen LogP) is -0.149. The molecular formula is C8H14N6O3S. The highest BCUT2D eigenvalue weighted by molar-refractivity contribution is 7.84. The first-order valence-electron chi connectivity index (χ1n) is 5.06. The molecule has 0 saturated carbocycles. The van der Waals surface area contributed by atoms with Crippen LogP contribution < -0.4 is 16.6 Å². The molecule has 100 valence electrons. The van der Waals surface area contributed by atoms with Gasteiger partial charge in [-0.3, -0.25) is 14.3 Å². The van der Waals surface area contributed by atoms with Crippen molar-refractivity contribution < 1.29 is 9.13 Å². The van der Waals surface area contributed by atoms with Crippen molar-refractivity contribution in [3.05, 3.63) is 16.4 Å². The highest BCUT2D eigenvalue weighted by atomic mass is 32.2. The van der Waals surface area contributed by atoms with E-state index >= 15 is 0 Å². The van der Waals surface area contributed by atoms with Gasteiger partial charge < -0.3 is 10.7 Å². The Morgan fingerprint density at radius 3 is 2.72 bits per heavy atom. The van der Waals surface area contributed by atoms with Gasteiger partial charge in [-0.05, 0) is 6.42 Å². The number of anilines is 2. The fourth-order valence-electron chi connectivity index (χ4n) is 1.27. The van der Waals surface area contributed by atoms with Crippen molar-refractivity contribution in [2.24, 2.45) is 5.84 Å². The van der Waals surface area contributed by atoms with E-state index in [4.69, 9.17) is 5.84 Å². The molecule has 1 atom stereocenters. The zero-order valence-corrected chi connectivity index (χ0v) is 10.6. The van der Waals surface area contributed by atoms with E-state index in [0.29, 0.717) is 18.7 Å². The van der Waals surface area contributed by atoms with Crippen molar-refractivity contribution in [2.75, 3.05) is 29.3 Å². The third kappa shape index (κ3) is 3.89. The maximum absolute atomic E-state index is 10.9. The lowest BCUT2D eigenvalue weighted by molar-refractivity contribution is -0.383. The van der Waals surface area contributed by atoms with Crippen LogP contribution in [0.5, 0.6) is 0 Å². The standard InChI is InChI=1S/C8H14N6O3S/c1-18(17)4-2-3-10-7-6(14(15)16)8(13-9)12-5-11-7/h5H,2-4,9H2,1H3,(H2,10,11,12,13). The Bertz CT molecular complexity index is 454. The van der Waals surface area contributed by atoms with Crippen LogP contribution in [0.2, 0.25) is 0 Å². The van der Waals surface area contributed by atoms with Gasteiger partial charge in [0, 0.05) is 29.4 Å². The van der Waals surface area contributed by atoms with E-state index in [0.717, 1.165) is 0 Å². The normalized spacial score (nSPS) is 11.9. The summed E-state index contributed by atoms with van der Waals surface area (Å²) in [6.45, 7) is 0.432. The zero-order chi connectivity index (χ0) is 13.5. The van der Waals surface area contributed by atoms with Crippen LogP contribution in [-0.2, 0) is 10.8 Å². The largest absolute Gasteiger partial charge is 0.364 e. The van der Waals surface area contributed by atoms with Gasteiger partial charge in [-0.1, -0.05) is 0 Å². The summed E-state index contributed by atoms with van der Waals surface area (Å²) in [5.74, 6) is 5.69. The first-order chi connectivity index (χ1) is 8.56. The molecular weight excluding hydrogens is 260 g/mol. The first kappa shape index (κ1) is 14.3. The fraction of sp³-hybridized carbons (Fsp3) is 0.500. The van der Waals surface area contributed by atoms with Crippen LogP contribution in [-0.4, -0.2) is 37.7 Å². The van der Waals surface area contributed by atoms with Gasteiger partial charge in [-0.15, -0.1) is 0 Å². The number of hydrogen-bond acceptors (Lipinski definition) is 8. The summed E-state index contributed by atoms with van der Waals surface area (Å²) in [4.78, 5) is 17.7. The molecule has 0 aromatic carbocycles. The van der Waals surface area contributed by atoms with Crippen LogP contribution in [0.3, 0.4) is 0 Å². The molecule has 0 spiro atoms. The lowest BCUT2D eigenvalue weighted by Gasteiger charge is -2.07. The average Bonchev–Trinajstić information content (AvgIpc) is 2.33. The molecule has 1 aromatic rings. The third-order valence-electron chi connectivity index (χ3n) is 2.04. The maximum atomic E-state index is 10.9. The van der Waals surface area contributed by atoms with E-state index in [1.807, 2.05) is 0 Å². The molecule has 0 aliphatic heterocycles. The molecule has 0 fully saturated rings. The van der Waals surface area contributed by atoms with E-state index in [1.54, 1.807) is 6.26 Å². The number of nitrogens with one attached hydrogen (secondary N) is 2. The van der Waals surface area contributed by atoms with Crippen LogP contribution in [0.1, 0.15) is 6.42 Å². The van der Waals surface area contributed by atoms with Gasteiger partial charge in [0.15, 0.2) is 0 Å². The summed E-state index contributed by atoms with van der Waals surface area (Å²) in [5, 5.41) is 13.7. The second-order valence-electron chi connectivity index (χ2n) is 3.38. The summed E-state index contributed by atoms with van der Waals surface area (Å²) in [6, 6.07) is 0. The molecule has 4 N–H and O–H groups in total. The summed E-state index contributed by atoms with van der Waals surface area (Å²) in [6.07, 6.45) is 3.39. The highest BCUT2D eigenvalue weighted by Gasteiger charge is 2.21. The van der Waals surface area contributed by atoms with Crippen LogP contribution in [0.4, 0.5) is 17.3 Å². The Morgan fingerprint density at radius 2 is 2.17 bits per heavy atom. The molecule has 0 radical (unpaired) electrons. The maximum Gasteiger partial charge on any atom is 0.354 e. The lowest BCUT2D eigenvalue weighted by atomic mass is 10.4. The molecule has 0 amide bonds. The van der Waals surface area contributed by atoms with Gasteiger partial charge >= 0.3 is 5.69 Å². The molecule has 18 heavy (non-hydrogen) atoms. The summed E-state index contributed by atoms with van der Waals surface area (Å²) >= 11 is 0. The van der Waals surface area contributed by atoms with Crippen molar-refractivity contribution in [3.63, 3.8) is 0 Å². The number of nitrogens with two attached hydrogens (primary N) is 1. The number of nitro groups is 1. The van der Waals surface area contributed by atoms with Gasteiger partial charge in [-0.25, -0.2) is 15.8 Å². The van der Waals surface area contributed by atoms with Crippen molar-refractivity contribution in [2.45, 2.75) is 6.42 Å². The average molecular weight is 274 g/mol. The number of hydrazine groups is 1. The van der Waals surface area contributed by atoms with Gasteiger partial charge in [0.25, 0.3) is 0 Å². The minimum Gasteiger partial charge on any atom is -0.364 e. The quantitative estimate of drug-likeness (QED) is 0.270. The molecule has 0 aliphatic rings. The monoisotopic (exact) mass is 274 g/mol. The molecule has 1 heterocycles. The number of nitrogens with zero attached hydrogens (tertiary/aromatic N) is 3. The third-order valence-corrected chi connectivity index (χ3v) is 2.91.